The molecule has 0 aromatic heterocycles. The van der Waals surface area contributed by atoms with E-state index in [-0.39, 0.29) is 35.7 Å². The molecule has 0 heterocycles. The van der Waals surface area contributed by atoms with Crippen molar-refractivity contribution in [2.75, 3.05) is 5.32 Å². The fourth-order valence-electron chi connectivity index (χ4n) is 3.27. The normalized spacial score (nSPS) is 13.6. The maximum atomic E-state index is 12.0. The largest absolute Gasteiger partial charge is 0.326 e. The standard InChI is InChI=1S/C20H28N4O3S/c1-13-7-8-16(14(2)11-13)21-17(25)9-10-18(26)23-24-20(28)22-19(27)12-15-5-3-4-6-15/h7-8,11,15H,3-6,9-10,12H2,1-2H3,(H,21,25)(H,23,26)(H2,22,24,27,28). The summed E-state index contributed by atoms with van der Waals surface area (Å²) < 4.78 is 0. The first-order valence-electron chi connectivity index (χ1n) is 9.59. The van der Waals surface area contributed by atoms with E-state index in [9.17, 15) is 14.4 Å². The van der Waals surface area contributed by atoms with Crippen LogP contribution in [-0.2, 0) is 14.4 Å². The summed E-state index contributed by atoms with van der Waals surface area (Å²) in [4.78, 5) is 35.7. The van der Waals surface area contributed by atoms with Crippen LogP contribution in [0.1, 0.15) is 56.1 Å². The zero-order chi connectivity index (χ0) is 20.5. The molecule has 1 aliphatic rings. The van der Waals surface area contributed by atoms with Gasteiger partial charge < -0.3 is 10.6 Å². The van der Waals surface area contributed by atoms with E-state index in [1.807, 2.05) is 32.0 Å². The Bertz CT molecular complexity index is 745. The predicted octanol–water partition coefficient (Wildman–Crippen LogP) is 2.62. The highest BCUT2D eigenvalue weighted by atomic mass is 32.1. The SMILES string of the molecule is Cc1ccc(NC(=O)CCC(=O)NNC(=S)NC(=O)CC2CCCC2)c(C)c1. The first kappa shape index (κ1) is 21.8. The van der Waals surface area contributed by atoms with Crippen molar-refractivity contribution in [2.45, 2.75) is 58.8 Å². The van der Waals surface area contributed by atoms with E-state index >= 15 is 0 Å². The van der Waals surface area contributed by atoms with Gasteiger partial charge in [-0.05, 0) is 56.5 Å². The van der Waals surface area contributed by atoms with Gasteiger partial charge in [0, 0.05) is 24.9 Å². The lowest BCUT2D eigenvalue weighted by Crippen LogP contribution is -2.48. The van der Waals surface area contributed by atoms with Gasteiger partial charge in [-0.25, -0.2) is 0 Å². The van der Waals surface area contributed by atoms with E-state index in [1.165, 1.54) is 12.8 Å². The first-order chi connectivity index (χ1) is 13.3. The van der Waals surface area contributed by atoms with Gasteiger partial charge in [0.25, 0.3) is 0 Å². The van der Waals surface area contributed by atoms with Gasteiger partial charge in [-0.3, -0.25) is 25.2 Å². The topological polar surface area (TPSA) is 99.3 Å². The Kier molecular flexibility index (Phi) is 8.38. The van der Waals surface area contributed by atoms with Crippen LogP contribution in [0.2, 0.25) is 0 Å². The molecule has 28 heavy (non-hydrogen) atoms. The molecule has 1 saturated carbocycles. The van der Waals surface area contributed by atoms with Crippen LogP contribution in [0.25, 0.3) is 0 Å². The van der Waals surface area contributed by atoms with Gasteiger partial charge in [0.1, 0.15) is 0 Å². The van der Waals surface area contributed by atoms with Crippen LogP contribution in [0.4, 0.5) is 5.69 Å². The minimum absolute atomic E-state index is 0.00236. The summed E-state index contributed by atoms with van der Waals surface area (Å²) in [6.45, 7) is 3.90. The summed E-state index contributed by atoms with van der Waals surface area (Å²) in [6.07, 6.45) is 5.00. The van der Waals surface area contributed by atoms with Crippen LogP contribution >= 0.6 is 12.2 Å². The average molecular weight is 405 g/mol. The smallest absolute Gasteiger partial charge is 0.238 e. The van der Waals surface area contributed by atoms with Crippen molar-refractivity contribution in [1.29, 1.82) is 0 Å². The molecule has 0 atom stereocenters. The number of rotatable bonds is 6. The minimum Gasteiger partial charge on any atom is -0.326 e. The van der Waals surface area contributed by atoms with Gasteiger partial charge in [-0.15, -0.1) is 0 Å². The van der Waals surface area contributed by atoms with E-state index in [2.05, 4.69) is 21.5 Å². The van der Waals surface area contributed by atoms with Crippen molar-refractivity contribution in [1.82, 2.24) is 16.2 Å². The lowest BCUT2D eigenvalue weighted by molar-refractivity contribution is -0.124. The number of aryl methyl sites for hydroxylation is 2. The van der Waals surface area contributed by atoms with Crippen LogP contribution < -0.4 is 21.5 Å². The summed E-state index contributed by atoms with van der Waals surface area (Å²) >= 11 is 5.00. The number of carbonyl (C=O) groups is 3. The number of anilines is 1. The summed E-state index contributed by atoms with van der Waals surface area (Å²) in [6, 6.07) is 5.74. The Labute approximate surface area is 171 Å². The molecule has 0 radical (unpaired) electrons. The molecule has 4 N–H and O–H groups in total. The molecule has 152 valence electrons. The third kappa shape index (κ3) is 7.64. The minimum atomic E-state index is -0.386. The second-order valence-corrected chi connectivity index (χ2v) is 7.68. The second kappa shape index (κ2) is 10.8. The Morgan fingerprint density at radius 3 is 2.36 bits per heavy atom. The fourth-order valence-corrected chi connectivity index (χ4v) is 3.43. The molecule has 0 bridgehead atoms. The zero-order valence-corrected chi connectivity index (χ0v) is 17.2. The van der Waals surface area contributed by atoms with Crippen molar-refractivity contribution in [2.24, 2.45) is 5.92 Å². The molecule has 0 saturated heterocycles. The molecule has 1 fully saturated rings. The molecule has 2 rings (SSSR count). The molecule has 1 aliphatic carbocycles. The average Bonchev–Trinajstić information content (AvgIpc) is 3.13. The highest BCUT2D eigenvalue weighted by molar-refractivity contribution is 7.80. The van der Waals surface area contributed by atoms with Crippen molar-refractivity contribution < 1.29 is 14.4 Å². The van der Waals surface area contributed by atoms with Crippen molar-refractivity contribution in [3.63, 3.8) is 0 Å². The van der Waals surface area contributed by atoms with Crippen LogP contribution in [0.5, 0.6) is 0 Å². The third-order valence-corrected chi connectivity index (χ3v) is 4.96. The zero-order valence-electron chi connectivity index (χ0n) is 16.4. The number of benzene rings is 1. The number of thiocarbonyl (C=S) groups is 1. The highest BCUT2D eigenvalue weighted by Gasteiger charge is 2.19. The lowest BCUT2D eigenvalue weighted by atomic mass is 10.0. The number of hydrogen-bond acceptors (Lipinski definition) is 4. The number of hydrogen-bond donors (Lipinski definition) is 4. The van der Waals surface area contributed by atoms with Crippen molar-refractivity contribution >= 4 is 40.7 Å². The number of amides is 3. The van der Waals surface area contributed by atoms with Crippen LogP contribution in [0.15, 0.2) is 18.2 Å². The molecule has 3 amide bonds. The van der Waals surface area contributed by atoms with Gasteiger partial charge in [-0.2, -0.15) is 0 Å². The molecule has 8 heteroatoms. The van der Waals surface area contributed by atoms with Crippen LogP contribution in [0, 0.1) is 19.8 Å². The molecule has 0 aliphatic heterocycles. The molecule has 0 spiro atoms. The predicted molar refractivity (Wildman–Crippen MR) is 112 cm³/mol. The number of hydrazine groups is 1. The van der Waals surface area contributed by atoms with Crippen LogP contribution in [0.3, 0.4) is 0 Å². The van der Waals surface area contributed by atoms with Gasteiger partial charge in [0.05, 0.1) is 0 Å². The Balaban J connectivity index is 1.62. The maximum absolute atomic E-state index is 12.0. The quantitative estimate of drug-likeness (QED) is 0.431. The summed E-state index contributed by atoms with van der Waals surface area (Å²) in [5.74, 6) is -0.350. The fraction of sp³-hybridized carbons (Fsp3) is 0.500. The first-order valence-corrected chi connectivity index (χ1v) is 10.00. The van der Waals surface area contributed by atoms with Gasteiger partial charge in [0.15, 0.2) is 5.11 Å². The number of nitrogens with one attached hydrogen (secondary N) is 4. The highest BCUT2D eigenvalue weighted by Crippen LogP contribution is 2.27. The maximum Gasteiger partial charge on any atom is 0.238 e. The van der Waals surface area contributed by atoms with Gasteiger partial charge in [0.2, 0.25) is 17.7 Å². The van der Waals surface area contributed by atoms with E-state index in [0.29, 0.717) is 12.3 Å². The lowest BCUT2D eigenvalue weighted by Gasteiger charge is -2.13. The van der Waals surface area contributed by atoms with Crippen LogP contribution in [-0.4, -0.2) is 22.8 Å². The Hall–Kier alpha value is -2.48. The summed E-state index contributed by atoms with van der Waals surface area (Å²) in [7, 11) is 0. The second-order valence-electron chi connectivity index (χ2n) is 7.27. The van der Waals surface area contributed by atoms with E-state index in [1.54, 1.807) is 0 Å². The third-order valence-electron chi connectivity index (χ3n) is 4.75. The molecular formula is C20H28N4O3S. The summed E-state index contributed by atoms with van der Waals surface area (Å²) in [5, 5.41) is 5.41. The molecule has 7 nitrogen and oxygen atoms in total. The monoisotopic (exact) mass is 404 g/mol. The number of carbonyl (C=O) groups excluding carboxylic acids is 3. The molecular weight excluding hydrogens is 376 g/mol. The van der Waals surface area contributed by atoms with Gasteiger partial charge in [-0.1, -0.05) is 30.5 Å². The van der Waals surface area contributed by atoms with E-state index in [4.69, 9.17) is 12.2 Å². The van der Waals surface area contributed by atoms with E-state index in [0.717, 1.165) is 29.7 Å². The molecule has 1 aromatic carbocycles. The van der Waals surface area contributed by atoms with Crippen molar-refractivity contribution in [3.05, 3.63) is 29.3 Å². The molecule has 0 unspecified atom stereocenters. The summed E-state index contributed by atoms with van der Waals surface area (Å²) in [5.41, 5.74) is 7.71. The Morgan fingerprint density at radius 2 is 1.68 bits per heavy atom. The van der Waals surface area contributed by atoms with Gasteiger partial charge >= 0.3 is 0 Å². The van der Waals surface area contributed by atoms with Crippen molar-refractivity contribution in [3.8, 4) is 0 Å². The molecule has 1 aromatic rings. The van der Waals surface area contributed by atoms with E-state index < -0.39 is 0 Å². The Morgan fingerprint density at radius 1 is 1.00 bits per heavy atom.